The van der Waals surface area contributed by atoms with E-state index in [1.165, 1.54) is 0 Å². The Bertz CT molecular complexity index is 860. The van der Waals surface area contributed by atoms with Crippen LogP contribution in [0.15, 0.2) is 54.7 Å². The van der Waals surface area contributed by atoms with Crippen molar-refractivity contribution < 1.29 is 14.3 Å². The molecule has 0 saturated heterocycles. The zero-order valence-electron chi connectivity index (χ0n) is 13.6. The summed E-state index contributed by atoms with van der Waals surface area (Å²) in [5, 5.41) is 3.71. The number of anilines is 1. The number of ether oxygens (including phenoxy) is 2. The number of hydrogen-bond acceptors (Lipinski definition) is 4. The molecular formula is C19H18N2O3. The molecule has 0 spiro atoms. The molecule has 0 radical (unpaired) electrons. The van der Waals surface area contributed by atoms with Crippen LogP contribution in [-0.2, 0) is 4.79 Å². The summed E-state index contributed by atoms with van der Waals surface area (Å²) in [5.74, 6) is 1.18. The molecule has 5 nitrogen and oxygen atoms in total. The van der Waals surface area contributed by atoms with Gasteiger partial charge in [0.05, 0.1) is 24.5 Å². The van der Waals surface area contributed by atoms with Crippen LogP contribution in [0.1, 0.15) is 5.56 Å². The Morgan fingerprint density at radius 2 is 1.83 bits per heavy atom. The number of nitrogens with zero attached hydrogens (tertiary/aromatic N) is 1. The highest BCUT2D eigenvalue weighted by atomic mass is 16.5. The predicted molar refractivity (Wildman–Crippen MR) is 93.6 cm³/mol. The van der Waals surface area contributed by atoms with Gasteiger partial charge in [0.2, 0.25) is 0 Å². The fourth-order valence-electron chi connectivity index (χ4n) is 2.28. The predicted octanol–water partition coefficient (Wildman–Crippen LogP) is 3.57. The maximum atomic E-state index is 12.0. The Labute approximate surface area is 140 Å². The lowest BCUT2D eigenvalue weighted by Crippen LogP contribution is -2.20. The van der Waals surface area contributed by atoms with Crippen molar-refractivity contribution in [1.82, 2.24) is 4.98 Å². The van der Waals surface area contributed by atoms with Crippen molar-refractivity contribution in [1.29, 1.82) is 0 Å². The molecule has 2 aromatic carbocycles. The van der Waals surface area contributed by atoms with E-state index < -0.39 is 0 Å². The molecule has 1 amide bonds. The first-order valence-electron chi connectivity index (χ1n) is 7.57. The van der Waals surface area contributed by atoms with E-state index >= 15 is 0 Å². The lowest BCUT2D eigenvalue weighted by molar-refractivity contribution is -0.118. The lowest BCUT2D eigenvalue weighted by atomic mass is 10.2. The number of aryl methyl sites for hydroxylation is 1. The molecule has 0 aliphatic heterocycles. The van der Waals surface area contributed by atoms with Crippen LogP contribution in [0.4, 0.5) is 5.69 Å². The summed E-state index contributed by atoms with van der Waals surface area (Å²) >= 11 is 0. The van der Waals surface area contributed by atoms with Gasteiger partial charge >= 0.3 is 0 Å². The Morgan fingerprint density at radius 3 is 2.58 bits per heavy atom. The highest BCUT2D eigenvalue weighted by molar-refractivity contribution is 5.94. The first kappa shape index (κ1) is 15.8. The first-order chi connectivity index (χ1) is 11.6. The van der Waals surface area contributed by atoms with E-state index in [4.69, 9.17) is 9.47 Å². The highest BCUT2D eigenvalue weighted by Gasteiger charge is 2.06. The van der Waals surface area contributed by atoms with Crippen molar-refractivity contribution in [2.24, 2.45) is 0 Å². The SMILES string of the molecule is COc1ccc2cc(NC(=O)COc3ccc(C)cc3)cnc2c1. The average molecular weight is 322 g/mol. The molecule has 0 aliphatic carbocycles. The fraction of sp³-hybridized carbons (Fsp3) is 0.158. The lowest BCUT2D eigenvalue weighted by Gasteiger charge is -2.08. The van der Waals surface area contributed by atoms with Crippen molar-refractivity contribution in [3.05, 3.63) is 60.3 Å². The molecule has 5 heteroatoms. The number of carbonyl (C=O) groups excluding carboxylic acids is 1. The number of hydrogen-bond donors (Lipinski definition) is 1. The first-order valence-corrected chi connectivity index (χ1v) is 7.57. The number of rotatable bonds is 5. The number of amides is 1. The van der Waals surface area contributed by atoms with Crippen LogP contribution in [0.5, 0.6) is 11.5 Å². The second-order valence-electron chi connectivity index (χ2n) is 5.43. The van der Waals surface area contributed by atoms with Gasteiger partial charge in [-0.2, -0.15) is 0 Å². The van der Waals surface area contributed by atoms with E-state index in [1.54, 1.807) is 13.3 Å². The molecule has 122 valence electrons. The third-order valence-corrected chi connectivity index (χ3v) is 3.57. The number of fused-ring (bicyclic) bond motifs is 1. The molecule has 0 saturated carbocycles. The maximum absolute atomic E-state index is 12.0. The maximum Gasteiger partial charge on any atom is 0.262 e. The number of nitrogens with one attached hydrogen (secondary N) is 1. The van der Waals surface area contributed by atoms with Crippen LogP contribution in [0.2, 0.25) is 0 Å². The number of carbonyl (C=O) groups is 1. The van der Waals surface area contributed by atoms with Crippen molar-refractivity contribution in [2.45, 2.75) is 6.92 Å². The summed E-state index contributed by atoms with van der Waals surface area (Å²) in [7, 11) is 1.61. The largest absolute Gasteiger partial charge is 0.497 e. The van der Waals surface area contributed by atoms with Gasteiger partial charge in [0.15, 0.2) is 6.61 Å². The van der Waals surface area contributed by atoms with Gasteiger partial charge < -0.3 is 14.8 Å². The molecule has 1 N–H and O–H groups in total. The number of aromatic nitrogens is 1. The molecular weight excluding hydrogens is 304 g/mol. The van der Waals surface area contributed by atoms with Crippen molar-refractivity contribution >= 4 is 22.5 Å². The fourth-order valence-corrected chi connectivity index (χ4v) is 2.28. The topological polar surface area (TPSA) is 60.5 Å². The molecule has 0 atom stereocenters. The van der Waals surface area contributed by atoms with Crippen LogP contribution in [0, 0.1) is 6.92 Å². The van der Waals surface area contributed by atoms with Crippen LogP contribution in [0.25, 0.3) is 10.9 Å². The molecule has 24 heavy (non-hydrogen) atoms. The van der Waals surface area contributed by atoms with Gasteiger partial charge in [-0.3, -0.25) is 9.78 Å². The van der Waals surface area contributed by atoms with E-state index in [2.05, 4.69) is 10.3 Å². The van der Waals surface area contributed by atoms with Crippen LogP contribution >= 0.6 is 0 Å². The van der Waals surface area contributed by atoms with Gasteiger partial charge in [0.1, 0.15) is 11.5 Å². The highest BCUT2D eigenvalue weighted by Crippen LogP contribution is 2.21. The average Bonchev–Trinajstić information content (AvgIpc) is 2.61. The summed E-state index contributed by atoms with van der Waals surface area (Å²) in [6.07, 6.45) is 1.62. The molecule has 0 unspecified atom stereocenters. The van der Waals surface area contributed by atoms with Crippen LogP contribution in [-0.4, -0.2) is 24.6 Å². The Morgan fingerprint density at radius 1 is 1.08 bits per heavy atom. The van der Waals surface area contributed by atoms with E-state index in [1.807, 2.05) is 55.5 Å². The van der Waals surface area contributed by atoms with E-state index in [0.717, 1.165) is 22.2 Å². The molecule has 3 aromatic rings. The summed E-state index contributed by atoms with van der Waals surface area (Å²) in [5.41, 5.74) is 2.58. The second kappa shape index (κ2) is 7.00. The summed E-state index contributed by atoms with van der Waals surface area (Å²) in [6.45, 7) is 1.95. The van der Waals surface area contributed by atoms with Gasteiger partial charge in [-0.05, 0) is 37.3 Å². The zero-order valence-corrected chi connectivity index (χ0v) is 13.6. The van der Waals surface area contributed by atoms with Crippen molar-refractivity contribution in [2.75, 3.05) is 19.0 Å². The normalized spacial score (nSPS) is 10.4. The molecule has 1 aromatic heterocycles. The third kappa shape index (κ3) is 3.81. The number of methoxy groups -OCH3 is 1. The number of benzene rings is 2. The Hall–Kier alpha value is -3.08. The van der Waals surface area contributed by atoms with Crippen LogP contribution in [0.3, 0.4) is 0 Å². The Kier molecular flexibility index (Phi) is 4.61. The summed E-state index contributed by atoms with van der Waals surface area (Å²) < 4.78 is 10.6. The minimum atomic E-state index is -0.231. The number of pyridine rings is 1. The molecule has 1 heterocycles. The van der Waals surface area contributed by atoms with Crippen molar-refractivity contribution in [3.63, 3.8) is 0 Å². The molecule has 0 bridgehead atoms. The van der Waals surface area contributed by atoms with Gasteiger partial charge in [0, 0.05) is 11.5 Å². The monoisotopic (exact) mass is 322 g/mol. The van der Waals surface area contributed by atoms with E-state index in [9.17, 15) is 4.79 Å². The summed E-state index contributed by atoms with van der Waals surface area (Å²) in [6, 6.07) is 15.0. The minimum absolute atomic E-state index is 0.0519. The van der Waals surface area contributed by atoms with Gasteiger partial charge in [0.25, 0.3) is 5.91 Å². The second-order valence-corrected chi connectivity index (χ2v) is 5.43. The standard InChI is InChI=1S/C19H18N2O3/c1-13-3-6-16(7-4-13)24-12-19(22)21-15-9-14-5-8-17(23-2)10-18(14)20-11-15/h3-11H,12H2,1-2H3,(H,21,22). The minimum Gasteiger partial charge on any atom is -0.497 e. The zero-order chi connectivity index (χ0) is 16.9. The molecule has 0 fully saturated rings. The summed E-state index contributed by atoms with van der Waals surface area (Å²) in [4.78, 5) is 16.3. The van der Waals surface area contributed by atoms with E-state index in [-0.39, 0.29) is 12.5 Å². The van der Waals surface area contributed by atoms with Crippen molar-refractivity contribution in [3.8, 4) is 11.5 Å². The van der Waals surface area contributed by atoms with Gasteiger partial charge in [-0.15, -0.1) is 0 Å². The van der Waals surface area contributed by atoms with E-state index in [0.29, 0.717) is 11.4 Å². The van der Waals surface area contributed by atoms with Crippen LogP contribution < -0.4 is 14.8 Å². The Balaban J connectivity index is 1.63. The molecule has 0 aliphatic rings. The molecule has 3 rings (SSSR count). The quantitative estimate of drug-likeness (QED) is 0.780. The third-order valence-electron chi connectivity index (χ3n) is 3.57. The van der Waals surface area contributed by atoms with Gasteiger partial charge in [-0.1, -0.05) is 17.7 Å². The van der Waals surface area contributed by atoms with Gasteiger partial charge in [-0.25, -0.2) is 0 Å². The smallest absolute Gasteiger partial charge is 0.262 e.